The van der Waals surface area contributed by atoms with Crippen molar-refractivity contribution in [2.75, 3.05) is 20.8 Å². The Morgan fingerprint density at radius 2 is 2.00 bits per heavy atom. The van der Waals surface area contributed by atoms with Gasteiger partial charge in [-0.05, 0) is 24.1 Å². The molecule has 0 amide bonds. The van der Waals surface area contributed by atoms with Gasteiger partial charge in [-0.15, -0.1) is 3.89 Å². The Kier molecular flexibility index (Phi) is 4.26. The van der Waals surface area contributed by atoms with Crippen molar-refractivity contribution in [1.29, 1.82) is 0 Å². The summed E-state index contributed by atoms with van der Waals surface area (Å²) in [6.45, 7) is 0.443. The second-order valence-electron chi connectivity index (χ2n) is 3.17. The predicted octanol–water partition coefficient (Wildman–Crippen LogP) is 1.54. The minimum Gasteiger partial charge on any atom is -0.495 e. The van der Waals surface area contributed by atoms with Gasteiger partial charge in [-0.1, -0.05) is 6.07 Å². The lowest BCUT2D eigenvalue weighted by molar-refractivity contribution is 0.202. The molecule has 0 saturated heterocycles. The minimum absolute atomic E-state index is 0.00340. The van der Waals surface area contributed by atoms with Gasteiger partial charge in [-0.25, -0.2) is 0 Å². The summed E-state index contributed by atoms with van der Waals surface area (Å²) in [6.07, 6.45) is 0.517. The largest absolute Gasteiger partial charge is 0.495 e. The van der Waals surface area contributed by atoms with Crippen LogP contribution in [0.2, 0.25) is 0 Å². The number of rotatable bonds is 5. The molecule has 0 N–H and O–H groups in total. The van der Waals surface area contributed by atoms with Crippen molar-refractivity contribution in [3.63, 3.8) is 0 Å². The third kappa shape index (κ3) is 3.18. The van der Waals surface area contributed by atoms with Crippen LogP contribution in [0.5, 0.6) is 5.75 Å². The van der Waals surface area contributed by atoms with Crippen LogP contribution in [0.4, 0.5) is 3.89 Å². The molecule has 1 aromatic carbocycles. The summed E-state index contributed by atoms with van der Waals surface area (Å²) in [5, 5.41) is 0. The number of methoxy groups -OCH3 is 2. The zero-order valence-electron chi connectivity index (χ0n) is 9.07. The van der Waals surface area contributed by atoms with Crippen LogP contribution >= 0.6 is 0 Å². The van der Waals surface area contributed by atoms with E-state index in [9.17, 15) is 12.3 Å². The van der Waals surface area contributed by atoms with Crippen LogP contribution < -0.4 is 4.74 Å². The van der Waals surface area contributed by atoms with Gasteiger partial charge >= 0.3 is 10.2 Å². The summed E-state index contributed by atoms with van der Waals surface area (Å²) >= 11 is 0. The van der Waals surface area contributed by atoms with E-state index in [2.05, 4.69) is 0 Å². The van der Waals surface area contributed by atoms with Crippen LogP contribution in [0.1, 0.15) is 5.56 Å². The molecule has 0 aromatic heterocycles. The third-order valence-corrected chi connectivity index (χ3v) is 2.93. The van der Waals surface area contributed by atoms with E-state index in [1.54, 1.807) is 6.07 Å². The van der Waals surface area contributed by atoms with Crippen LogP contribution in [0, 0.1) is 0 Å². The van der Waals surface area contributed by atoms with Gasteiger partial charge in [-0.2, -0.15) is 8.42 Å². The average molecular weight is 248 g/mol. The zero-order valence-corrected chi connectivity index (χ0v) is 9.88. The highest BCUT2D eigenvalue weighted by molar-refractivity contribution is 7.86. The molecule has 4 nitrogen and oxygen atoms in total. The standard InChI is InChI=1S/C10H13FO4S/c1-14-6-5-8-3-4-9(15-2)10(7-8)16(11,12)13/h3-4,7H,5-6H2,1-2H3. The first-order valence-corrected chi connectivity index (χ1v) is 5.98. The van der Waals surface area contributed by atoms with Crippen LogP contribution in [0.3, 0.4) is 0 Å². The lowest BCUT2D eigenvalue weighted by atomic mass is 10.1. The maximum atomic E-state index is 12.9. The van der Waals surface area contributed by atoms with Gasteiger partial charge in [-0.3, -0.25) is 0 Å². The third-order valence-electron chi connectivity index (χ3n) is 2.09. The molecule has 0 atom stereocenters. The molecule has 6 heteroatoms. The van der Waals surface area contributed by atoms with Crippen molar-refractivity contribution in [1.82, 2.24) is 0 Å². The topological polar surface area (TPSA) is 52.6 Å². The Morgan fingerprint density at radius 3 is 2.50 bits per heavy atom. The van der Waals surface area contributed by atoms with Crippen LogP contribution in [0.15, 0.2) is 23.1 Å². The molecular weight excluding hydrogens is 235 g/mol. The number of halogens is 1. The van der Waals surface area contributed by atoms with Crippen molar-refractivity contribution in [2.45, 2.75) is 11.3 Å². The van der Waals surface area contributed by atoms with Gasteiger partial charge in [0.2, 0.25) is 0 Å². The monoisotopic (exact) mass is 248 g/mol. The van der Waals surface area contributed by atoms with Crippen molar-refractivity contribution in [3.05, 3.63) is 23.8 Å². The van der Waals surface area contributed by atoms with E-state index in [0.717, 1.165) is 0 Å². The maximum Gasteiger partial charge on any atom is 0.335 e. The zero-order chi connectivity index (χ0) is 12.2. The SMILES string of the molecule is COCCc1ccc(OC)c(S(=O)(=O)F)c1. The molecule has 0 saturated carbocycles. The lowest BCUT2D eigenvalue weighted by Crippen LogP contribution is -2.00. The average Bonchev–Trinajstić information content (AvgIpc) is 2.24. The van der Waals surface area contributed by atoms with Gasteiger partial charge in [0.25, 0.3) is 0 Å². The second-order valence-corrected chi connectivity index (χ2v) is 4.48. The van der Waals surface area contributed by atoms with Gasteiger partial charge in [0.15, 0.2) is 0 Å². The minimum atomic E-state index is -4.76. The molecule has 0 radical (unpaired) electrons. The van der Waals surface area contributed by atoms with Crippen LogP contribution in [-0.2, 0) is 21.4 Å². The van der Waals surface area contributed by atoms with Gasteiger partial charge in [0.1, 0.15) is 10.6 Å². The summed E-state index contributed by atoms with van der Waals surface area (Å²) in [5.41, 5.74) is 0.680. The fourth-order valence-electron chi connectivity index (χ4n) is 1.29. The molecule has 0 fully saturated rings. The summed E-state index contributed by atoms with van der Waals surface area (Å²) in [7, 11) is -1.93. The Labute approximate surface area is 94.2 Å². The molecule has 0 bridgehead atoms. The summed E-state index contributed by atoms with van der Waals surface area (Å²) in [6, 6.07) is 4.36. The first kappa shape index (κ1) is 12.9. The van der Waals surface area contributed by atoms with E-state index in [-0.39, 0.29) is 5.75 Å². The van der Waals surface area contributed by atoms with E-state index in [0.29, 0.717) is 18.6 Å². The fourth-order valence-corrected chi connectivity index (χ4v) is 1.97. The van der Waals surface area contributed by atoms with Crippen LogP contribution in [0.25, 0.3) is 0 Å². The van der Waals surface area contributed by atoms with Crippen molar-refractivity contribution < 1.29 is 21.8 Å². The lowest BCUT2D eigenvalue weighted by Gasteiger charge is -2.07. The number of hydrogen-bond donors (Lipinski definition) is 0. The molecule has 90 valence electrons. The summed E-state index contributed by atoms with van der Waals surface area (Å²) < 4.78 is 44.3. The van der Waals surface area contributed by atoms with Gasteiger partial charge in [0, 0.05) is 7.11 Å². The molecule has 0 heterocycles. The second kappa shape index (κ2) is 5.27. The summed E-state index contributed by atoms with van der Waals surface area (Å²) in [4.78, 5) is -0.441. The first-order valence-electron chi connectivity index (χ1n) is 4.59. The number of benzene rings is 1. The summed E-state index contributed by atoms with van der Waals surface area (Å²) in [5.74, 6) is 0.00340. The highest BCUT2D eigenvalue weighted by atomic mass is 32.3. The van der Waals surface area contributed by atoms with Gasteiger partial charge in [0.05, 0.1) is 13.7 Å². The van der Waals surface area contributed by atoms with E-state index in [1.165, 1.54) is 26.4 Å². The van der Waals surface area contributed by atoms with Crippen LogP contribution in [-0.4, -0.2) is 29.2 Å². The molecule has 0 aliphatic heterocycles. The Hall–Kier alpha value is -1.14. The van der Waals surface area contributed by atoms with Gasteiger partial charge < -0.3 is 9.47 Å². The van der Waals surface area contributed by atoms with Crippen molar-refractivity contribution in [2.24, 2.45) is 0 Å². The first-order chi connectivity index (χ1) is 7.49. The Morgan fingerprint density at radius 1 is 1.31 bits per heavy atom. The molecular formula is C10H13FO4S. The highest BCUT2D eigenvalue weighted by Gasteiger charge is 2.18. The Balaban J connectivity index is 3.12. The number of hydrogen-bond acceptors (Lipinski definition) is 4. The number of ether oxygens (including phenoxy) is 2. The molecule has 0 aliphatic rings. The Bertz CT molecular complexity index is 456. The molecule has 0 unspecified atom stereocenters. The molecule has 0 spiro atoms. The van der Waals surface area contributed by atoms with Crippen molar-refractivity contribution >= 4 is 10.2 Å². The molecule has 1 aromatic rings. The maximum absolute atomic E-state index is 12.9. The van der Waals surface area contributed by atoms with Crippen molar-refractivity contribution in [3.8, 4) is 5.75 Å². The van der Waals surface area contributed by atoms with E-state index >= 15 is 0 Å². The quantitative estimate of drug-likeness (QED) is 0.742. The highest BCUT2D eigenvalue weighted by Crippen LogP contribution is 2.26. The van der Waals surface area contributed by atoms with E-state index in [4.69, 9.17) is 9.47 Å². The van der Waals surface area contributed by atoms with E-state index < -0.39 is 15.1 Å². The molecule has 0 aliphatic carbocycles. The predicted molar refractivity (Wildman–Crippen MR) is 56.9 cm³/mol. The fraction of sp³-hybridized carbons (Fsp3) is 0.400. The normalized spacial score (nSPS) is 11.4. The molecule has 16 heavy (non-hydrogen) atoms. The smallest absolute Gasteiger partial charge is 0.335 e. The molecule has 1 rings (SSSR count). The van der Waals surface area contributed by atoms with E-state index in [1.807, 2.05) is 0 Å².